The molecule has 5 rings (SSSR count). The van der Waals surface area contributed by atoms with E-state index in [0.29, 0.717) is 26.3 Å². The highest BCUT2D eigenvalue weighted by Crippen LogP contribution is 2.46. The lowest BCUT2D eigenvalue weighted by Gasteiger charge is -2.29. The molecule has 1 amide bonds. The molecule has 0 N–H and O–H groups in total. The van der Waals surface area contributed by atoms with Gasteiger partial charge in [0.05, 0.1) is 12.2 Å². The zero-order valence-electron chi connectivity index (χ0n) is 21.2. The summed E-state index contributed by atoms with van der Waals surface area (Å²) in [5.74, 6) is -6.14. The number of halogens is 9. The minimum Gasteiger partial charge on any atom is -0.398 e. The molecule has 1 aromatic rings. The normalized spacial score (nSPS) is 29.1. The van der Waals surface area contributed by atoms with Crippen molar-refractivity contribution >= 4 is 11.8 Å². The van der Waals surface area contributed by atoms with E-state index in [1.165, 1.54) is 12.1 Å². The second-order valence-electron chi connectivity index (χ2n) is 11.2. The predicted octanol–water partition coefficient (Wildman–Crippen LogP) is 5.32. The van der Waals surface area contributed by atoms with Crippen LogP contribution in [0, 0.1) is 17.3 Å². The number of likely N-dealkylation sites (tertiary alicyclic amines) is 2. The number of nitrogens with zero attached hydrogens (tertiary/aromatic N) is 3. The van der Waals surface area contributed by atoms with E-state index >= 15 is 0 Å². The first-order valence-corrected chi connectivity index (χ1v) is 12.9. The third kappa shape index (κ3) is 5.30. The van der Waals surface area contributed by atoms with Gasteiger partial charge in [0.15, 0.2) is 0 Å². The summed E-state index contributed by atoms with van der Waals surface area (Å²) in [5, 5.41) is 0. The van der Waals surface area contributed by atoms with E-state index in [-0.39, 0.29) is 61.2 Å². The molecular weight excluding hydrogens is 561 g/mol. The summed E-state index contributed by atoms with van der Waals surface area (Å²) >= 11 is 0. The SMILES string of the molecule is O=C(OC(F)(C(F)F)C(F)(F)F)N1CC2CN(Cc3cccc(N4CCC5(CCOC5)C4)c3C(F)(F)F)CC2C1. The van der Waals surface area contributed by atoms with Crippen LogP contribution in [0.5, 0.6) is 0 Å². The number of carbonyl (C=O) groups excluding carboxylic acids is 1. The number of rotatable bonds is 5. The van der Waals surface area contributed by atoms with Gasteiger partial charge in [-0.1, -0.05) is 12.1 Å². The van der Waals surface area contributed by atoms with Gasteiger partial charge in [0, 0.05) is 63.5 Å². The van der Waals surface area contributed by atoms with Crippen molar-refractivity contribution in [3.8, 4) is 0 Å². The maximum Gasteiger partial charge on any atom is 0.466 e. The molecule has 4 aliphatic heterocycles. The molecule has 224 valence electrons. The van der Waals surface area contributed by atoms with Crippen molar-refractivity contribution in [2.24, 2.45) is 17.3 Å². The van der Waals surface area contributed by atoms with Crippen molar-refractivity contribution in [3.63, 3.8) is 0 Å². The van der Waals surface area contributed by atoms with Crippen LogP contribution < -0.4 is 4.90 Å². The summed E-state index contributed by atoms with van der Waals surface area (Å²) in [7, 11) is 0. The van der Waals surface area contributed by atoms with Crippen LogP contribution in [-0.4, -0.2) is 86.8 Å². The average molecular weight is 589 g/mol. The Morgan fingerprint density at radius 2 is 1.70 bits per heavy atom. The summed E-state index contributed by atoms with van der Waals surface area (Å²) in [4.78, 5) is 16.4. The number of benzene rings is 1. The molecule has 0 aliphatic carbocycles. The highest BCUT2D eigenvalue weighted by atomic mass is 19.4. The van der Waals surface area contributed by atoms with Gasteiger partial charge in [-0.05, 0) is 36.3 Å². The quantitative estimate of drug-likeness (QED) is 0.436. The fourth-order valence-corrected chi connectivity index (χ4v) is 6.45. The lowest BCUT2D eigenvalue weighted by molar-refractivity contribution is -0.351. The molecule has 4 heterocycles. The van der Waals surface area contributed by atoms with Crippen LogP contribution in [-0.2, 0) is 22.2 Å². The van der Waals surface area contributed by atoms with Gasteiger partial charge in [-0.2, -0.15) is 30.7 Å². The van der Waals surface area contributed by atoms with Crippen LogP contribution in [0.15, 0.2) is 18.2 Å². The topological polar surface area (TPSA) is 45.2 Å². The van der Waals surface area contributed by atoms with Crippen molar-refractivity contribution in [2.45, 2.75) is 44.0 Å². The minimum atomic E-state index is -6.13. The minimum absolute atomic E-state index is 0.0464. The number of alkyl halides is 9. The molecule has 0 saturated carbocycles. The maximum absolute atomic E-state index is 14.4. The molecule has 4 unspecified atom stereocenters. The van der Waals surface area contributed by atoms with Gasteiger partial charge >= 0.3 is 30.7 Å². The lowest BCUT2D eigenvalue weighted by atomic mass is 9.87. The molecule has 0 aromatic heterocycles. The standard InChI is InChI=1S/C25H28F9N3O3/c26-20(27)23(28,25(32,33)34)40-21(38)37-11-16-9-35(10-17(16)12-37)8-15-2-1-3-18(19(15)24(29,30)31)36-6-4-22(13-36)5-7-39-14-22/h1-3,16-17,20H,4-14H2. The second kappa shape index (κ2) is 10.1. The molecule has 1 spiro atoms. The van der Waals surface area contributed by atoms with E-state index in [1.54, 1.807) is 15.9 Å². The number of carbonyl (C=O) groups is 1. The lowest BCUT2D eigenvalue weighted by Crippen LogP contribution is -2.53. The Morgan fingerprint density at radius 1 is 1.02 bits per heavy atom. The molecule has 4 saturated heterocycles. The summed E-state index contributed by atoms with van der Waals surface area (Å²) in [5.41, 5.74) is -0.670. The van der Waals surface area contributed by atoms with E-state index in [9.17, 15) is 44.3 Å². The van der Waals surface area contributed by atoms with Crippen molar-refractivity contribution < 1.29 is 53.8 Å². The third-order valence-electron chi connectivity index (χ3n) is 8.49. The Bertz CT molecular complexity index is 1100. The van der Waals surface area contributed by atoms with Gasteiger partial charge in [0.1, 0.15) is 0 Å². The van der Waals surface area contributed by atoms with E-state index in [4.69, 9.17) is 4.74 Å². The molecule has 15 heteroatoms. The Morgan fingerprint density at radius 3 is 2.25 bits per heavy atom. The molecule has 4 aliphatic rings. The van der Waals surface area contributed by atoms with Crippen molar-refractivity contribution in [2.75, 3.05) is 57.4 Å². The predicted molar refractivity (Wildman–Crippen MR) is 122 cm³/mol. The van der Waals surface area contributed by atoms with Gasteiger partial charge in [0.2, 0.25) is 0 Å². The molecule has 6 nitrogen and oxygen atoms in total. The first-order chi connectivity index (χ1) is 18.6. The largest absolute Gasteiger partial charge is 0.466 e. The number of anilines is 1. The van der Waals surface area contributed by atoms with E-state index in [1.807, 2.05) is 0 Å². The highest BCUT2D eigenvalue weighted by Gasteiger charge is 2.67. The average Bonchev–Trinajstić information content (AvgIpc) is 3.63. The van der Waals surface area contributed by atoms with Gasteiger partial charge in [0.25, 0.3) is 0 Å². The highest BCUT2D eigenvalue weighted by molar-refractivity contribution is 5.68. The zero-order valence-corrected chi connectivity index (χ0v) is 21.2. The van der Waals surface area contributed by atoms with E-state index < -0.39 is 36.3 Å². The van der Waals surface area contributed by atoms with Gasteiger partial charge in [-0.25, -0.2) is 13.6 Å². The van der Waals surface area contributed by atoms with Gasteiger partial charge in [-0.3, -0.25) is 4.90 Å². The molecule has 0 radical (unpaired) electrons. The molecular formula is C25H28F9N3O3. The maximum atomic E-state index is 14.4. The Kier molecular flexibility index (Phi) is 7.37. The molecule has 4 atom stereocenters. The Labute approximate surface area is 223 Å². The number of hydrogen-bond donors (Lipinski definition) is 0. The zero-order chi connectivity index (χ0) is 29.1. The first-order valence-electron chi connectivity index (χ1n) is 12.9. The Balaban J connectivity index is 1.25. The summed E-state index contributed by atoms with van der Waals surface area (Å²) < 4.78 is 130. The van der Waals surface area contributed by atoms with E-state index in [2.05, 4.69) is 4.74 Å². The fourth-order valence-electron chi connectivity index (χ4n) is 6.45. The van der Waals surface area contributed by atoms with Crippen LogP contribution >= 0.6 is 0 Å². The van der Waals surface area contributed by atoms with Crippen molar-refractivity contribution in [1.82, 2.24) is 9.80 Å². The number of hydrogen-bond acceptors (Lipinski definition) is 5. The molecule has 1 aromatic carbocycles. The summed E-state index contributed by atoms with van der Waals surface area (Å²) in [6, 6.07) is 4.46. The monoisotopic (exact) mass is 589 g/mol. The number of amides is 1. The first kappa shape index (κ1) is 29.1. The van der Waals surface area contributed by atoms with Crippen LogP contribution in [0.25, 0.3) is 0 Å². The second-order valence-corrected chi connectivity index (χ2v) is 11.2. The van der Waals surface area contributed by atoms with Gasteiger partial charge < -0.3 is 19.3 Å². The smallest absolute Gasteiger partial charge is 0.398 e. The third-order valence-corrected chi connectivity index (χ3v) is 8.49. The molecule has 40 heavy (non-hydrogen) atoms. The molecule has 4 fully saturated rings. The van der Waals surface area contributed by atoms with Crippen LogP contribution in [0.4, 0.5) is 50.0 Å². The molecule has 0 bridgehead atoms. The van der Waals surface area contributed by atoms with Crippen LogP contribution in [0.1, 0.15) is 24.0 Å². The van der Waals surface area contributed by atoms with Gasteiger partial charge in [-0.15, -0.1) is 0 Å². The summed E-state index contributed by atoms with van der Waals surface area (Å²) in [6.07, 6.45) is -15.7. The van der Waals surface area contributed by atoms with E-state index in [0.717, 1.165) is 17.7 Å². The van der Waals surface area contributed by atoms with Crippen LogP contribution in [0.2, 0.25) is 0 Å². The summed E-state index contributed by atoms with van der Waals surface area (Å²) in [6.45, 7) is 2.07. The van der Waals surface area contributed by atoms with Crippen LogP contribution in [0.3, 0.4) is 0 Å². The van der Waals surface area contributed by atoms with Crippen molar-refractivity contribution in [1.29, 1.82) is 0 Å². The fraction of sp³-hybridized carbons (Fsp3) is 0.720. The number of ether oxygens (including phenoxy) is 2. The number of fused-ring (bicyclic) bond motifs is 1. The Hall–Kier alpha value is -2.42. The van der Waals surface area contributed by atoms with Crippen molar-refractivity contribution in [3.05, 3.63) is 29.3 Å².